The van der Waals surface area contributed by atoms with E-state index in [2.05, 4.69) is 15.3 Å². The van der Waals surface area contributed by atoms with Gasteiger partial charge in [0.05, 0.1) is 20.3 Å². The number of rotatable bonds is 5. The van der Waals surface area contributed by atoms with Gasteiger partial charge in [-0.05, 0) is 24.3 Å². The number of anilines is 1. The molecule has 26 heavy (non-hydrogen) atoms. The van der Waals surface area contributed by atoms with Crippen LogP contribution in [0.1, 0.15) is 5.01 Å². The molecule has 0 saturated heterocycles. The van der Waals surface area contributed by atoms with Crippen LogP contribution in [0.25, 0.3) is 16.3 Å². The maximum atomic E-state index is 11.8. The molecule has 9 heteroatoms. The molecule has 0 fully saturated rings. The normalized spacial score (nSPS) is 11.0. The number of hydrogen-bond acceptors (Lipinski definition) is 6. The predicted octanol–water partition coefficient (Wildman–Crippen LogP) is 4.19. The highest BCUT2D eigenvalue weighted by Gasteiger charge is 2.10. The lowest BCUT2D eigenvalue weighted by molar-refractivity contribution is -0.142. The molecule has 1 aromatic carbocycles. The number of para-hydroxylation sites is 1. The van der Waals surface area contributed by atoms with Crippen LogP contribution in [0.2, 0.25) is 10.0 Å². The topological polar surface area (TPSA) is 81.2 Å². The van der Waals surface area contributed by atoms with Crippen molar-refractivity contribution in [2.24, 2.45) is 0 Å². The van der Waals surface area contributed by atoms with E-state index in [4.69, 9.17) is 27.9 Å². The number of pyridine rings is 1. The molecule has 0 aliphatic heterocycles. The molecule has 6 nitrogen and oxygen atoms in total. The van der Waals surface area contributed by atoms with E-state index in [0.29, 0.717) is 10.0 Å². The first kappa shape index (κ1) is 18.3. The van der Waals surface area contributed by atoms with E-state index >= 15 is 0 Å². The Labute approximate surface area is 162 Å². The summed E-state index contributed by atoms with van der Waals surface area (Å²) in [7, 11) is 0. The summed E-state index contributed by atoms with van der Waals surface area (Å²) in [4.78, 5) is 31.8. The number of thiazole rings is 1. The second-order valence-corrected chi connectivity index (χ2v) is 6.90. The van der Waals surface area contributed by atoms with Gasteiger partial charge in [-0.25, -0.2) is 14.8 Å². The number of nitrogens with zero attached hydrogens (tertiary/aromatic N) is 2. The van der Waals surface area contributed by atoms with Crippen molar-refractivity contribution in [3.63, 3.8) is 0 Å². The molecule has 0 bridgehead atoms. The lowest BCUT2D eigenvalue weighted by Crippen LogP contribution is -2.20. The highest BCUT2D eigenvalue weighted by atomic mass is 35.5. The number of halogens is 2. The molecule has 1 amide bonds. The second kappa shape index (κ2) is 8.27. The van der Waals surface area contributed by atoms with E-state index in [0.717, 1.165) is 10.2 Å². The molecule has 0 atom stereocenters. The van der Waals surface area contributed by atoms with Gasteiger partial charge >= 0.3 is 5.97 Å². The van der Waals surface area contributed by atoms with Gasteiger partial charge in [-0.3, -0.25) is 4.79 Å². The molecule has 2 heterocycles. The molecule has 0 spiro atoms. The van der Waals surface area contributed by atoms with Crippen molar-refractivity contribution >= 4 is 68.5 Å². The maximum Gasteiger partial charge on any atom is 0.331 e. The molecule has 0 radical (unpaired) electrons. The molecule has 2 aromatic heterocycles. The minimum absolute atomic E-state index is 0.141. The molecule has 132 valence electrons. The summed E-state index contributed by atoms with van der Waals surface area (Å²) in [5.74, 6) is -1.08. The first-order chi connectivity index (χ1) is 12.5. The van der Waals surface area contributed by atoms with Crippen molar-refractivity contribution in [1.82, 2.24) is 9.97 Å². The van der Waals surface area contributed by atoms with Crippen molar-refractivity contribution < 1.29 is 14.3 Å². The molecule has 3 aromatic rings. The number of aromatic nitrogens is 2. The maximum absolute atomic E-state index is 11.8. The summed E-state index contributed by atoms with van der Waals surface area (Å²) >= 11 is 13.1. The number of benzene rings is 1. The zero-order chi connectivity index (χ0) is 18.5. The van der Waals surface area contributed by atoms with Crippen LogP contribution < -0.4 is 5.32 Å². The summed E-state index contributed by atoms with van der Waals surface area (Å²) < 4.78 is 5.90. The number of carbonyl (C=O) groups excluding carboxylic acids is 2. The van der Waals surface area contributed by atoms with Gasteiger partial charge in [0.1, 0.15) is 5.01 Å². The number of fused-ring (bicyclic) bond motifs is 1. The van der Waals surface area contributed by atoms with Crippen LogP contribution >= 0.6 is 34.5 Å². The molecule has 0 aliphatic rings. The Morgan fingerprint density at radius 2 is 2.08 bits per heavy atom. The number of esters is 1. The fourth-order valence-electron chi connectivity index (χ4n) is 1.96. The Morgan fingerprint density at radius 1 is 1.27 bits per heavy atom. The average molecular weight is 408 g/mol. The summed E-state index contributed by atoms with van der Waals surface area (Å²) in [6.07, 6.45) is 4.11. The zero-order valence-corrected chi connectivity index (χ0v) is 15.4. The lowest BCUT2D eigenvalue weighted by Gasteiger charge is -2.06. The largest absolute Gasteiger partial charge is 0.452 e. The molecule has 0 unspecified atom stereocenters. The number of hydrogen-bond donors (Lipinski definition) is 1. The Bertz CT molecular complexity index is 971. The number of nitrogens with one attached hydrogen (secondary N) is 1. The fourth-order valence-corrected chi connectivity index (χ4v) is 3.26. The minimum Gasteiger partial charge on any atom is -0.452 e. The van der Waals surface area contributed by atoms with Gasteiger partial charge in [0, 0.05) is 12.3 Å². The SMILES string of the molecule is O=C(COC(=O)C=Cc1nc2ccccc2s1)Nc1ncc(Cl)cc1Cl. The van der Waals surface area contributed by atoms with E-state index in [-0.39, 0.29) is 10.8 Å². The molecule has 0 aliphatic carbocycles. The van der Waals surface area contributed by atoms with Crippen LogP contribution in [-0.2, 0) is 14.3 Å². The van der Waals surface area contributed by atoms with Crippen molar-refractivity contribution in [1.29, 1.82) is 0 Å². The third kappa shape index (κ3) is 4.78. The van der Waals surface area contributed by atoms with Crippen LogP contribution in [0, 0.1) is 0 Å². The fraction of sp³-hybridized carbons (Fsp3) is 0.0588. The molecular formula is C17H11Cl2N3O3S. The van der Waals surface area contributed by atoms with Crippen LogP contribution in [0.4, 0.5) is 5.82 Å². The monoisotopic (exact) mass is 407 g/mol. The first-order valence-electron chi connectivity index (χ1n) is 7.32. The Kier molecular flexibility index (Phi) is 5.82. The third-order valence-corrected chi connectivity index (χ3v) is 4.58. The van der Waals surface area contributed by atoms with Crippen LogP contribution in [0.15, 0.2) is 42.6 Å². The van der Waals surface area contributed by atoms with Crippen molar-refractivity contribution in [2.45, 2.75) is 0 Å². The zero-order valence-electron chi connectivity index (χ0n) is 13.1. The summed E-state index contributed by atoms with van der Waals surface area (Å²) in [6, 6.07) is 9.09. The summed E-state index contributed by atoms with van der Waals surface area (Å²) in [6.45, 7) is -0.469. The van der Waals surface area contributed by atoms with Gasteiger partial charge in [-0.2, -0.15) is 0 Å². The highest BCUT2D eigenvalue weighted by molar-refractivity contribution is 7.19. The van der Waals surface area contributed by atoms with Gasteiger partial charge in [0.25, 0.3) is 5.91 Å². The predicted molar refractivity (Wildman–Crippen MR) is 102 cm³/mol. The van der Waals surface area contributed by atoms with Crippen LogP contribution in [-0.4, -0.2) is 28.5 Å². The van der Waals surface area contributed by atoms with Crippen LogP contribution in [0.5, 0.6) is 0 Å². The van der Waals surface area contributed by atoms with Crippen molar-refractivity contribution in [3.8, 4) is 0 Å². The van der Waals surface area contributed by atoms with Crippen molar-refractivity contribution in [3.05, 3.63) is 57.7 Å². The minimum atomic E-state index is -0.658. The van der Waals surface area contributed by atoms with Gasteiger partial charge in [-0.1, -0.05) is 35.3 Å². The van der Waals surface area contributed by atoms with Gasteiger partial charge < -0.3 is 10.1 Å². The van der Waals surface area contributed by atoms with Gasteiger partial charge in [-0.15, -0.1) is 11.3 Å². The standard InChI is InChI=1S/C17H11Cl2N3O3S/c18-10-7-11(19)17(20-8-10)22-14(23)9-25-16(24)6-5-15-21-12-3-1-2-4-13(12)26-15/h1-8H,9H2,(H,20,22,23). The highest BCUT2D eigenvalue weighted by Crippen LogP contribution is 2.23. The summed E-state index contributed by atoms with van der Waals surface area (Å²) in [5, 5.41) is 3.64. The molecular weight excluding hydrogens is 397 g/mol. The van der Waals surface area contributed by atoms with Gasteiger partial charge in [0.15, 0.2) is 12.4 Å². The molecule has 1 N–H and O–H groups in total. The average Bonchev–Trinajstić information content (AvgIpc) is 3.03. The Morgan fingerprint density at radius 3 is 2.85 bits per heavy atom. The Balaban J connectivity index is 1.52. The van der Waals surface area contributed by atoms with Crippen molar-refractivity contribution in [2.75, 3.05) is 11.9 Å². The van der Waals surface area contributed by atoms with E-state index < -0.39 is 18.5 Å². The van der Waals surface area contributed by atoms with E-state index in [1.165, 1.54) is 29.7 Å². The molecule has 3 rings (SSSR count). The van der Waals surface area contributed by atoms with E-state index in [1.807, 2.05) is 24.3 Å². The quantitative estimate of drug-likeness (QED) is 0.506. The van der Waals surface area contributed by atoms with Gasteiger partial charge in [0.2, 0.25) is 0 Å². The third-order valence-electron chi connectivity index (χ3n) is 3.08. The van der Waals surface area contributed by atoms with Crippen LogP contribution in [0.3, 0.4) is 0 Å². The van der Waals surface area contributed by atoms with E-state index in [9.17, 15) is 9.59 Å². The molecule has 0 saturated carbocycles. The smallest absolute Gasteiger partial charge is 0.331 e. The number of carbonyl (C=O) groups is 2. The second-order valence-electron chi connectivity index (χ2n) is 4.99. The Hall–Kier alpha value is -2.48. The number of amides is 1. The summed E-state index contributed by atoms with van der Waals surface area (Å²) in [5.41, 5.74) is 0.859. The number of ether oxygens (including phenoxy) is 1. The first-order valence-corrected chi connectivity index (χ1v) is 8.90. The van der Waals surface area contributed by atoms with E-state index in [1.54, 1.807) is 6.08 Å². The lowest BCUT2D eigenvalue weighted by atomic mass is 10.3.